The molecule has 0 saturated heterocycles. The molecule has 0 atom stereocenters. The molecule has 2 heterocycles. The van der Waals surface area contributed by atoms with E-state index in [2.05, 4.69) is 20.3 Å². The van der Waals surface area contributed by atoms with E-state index < -0.39 is 17.6 Å². The predicted molar refractivity (Wildman–Crippen MR) is 55.8 cm³/mol. The van der Waals surface area contributed by atoms with Crippen LogP contribution in [0.3, 0.4) is 0 Å². The van der Waals surface area contributed by atoms with E-state index in [1.807, 2.05) is 0 Å². The lowest BCUT2D eigenvalue weighted by atomic mass is 10.2. The maximum Gasteiger partial charge on any atom is 0.417 e. The zero-order chi connectivity index (χ0) is 13.2. The third-order valence-corrected chi connectivity index (χ3v) is 2.05. The van der Waals surface area contributed by atoms with Crippen molar-refractivity contribution >= 4 is 11.9 Å². The summed E-state index contributed by atoms with van der Waals surface area (Å²) < 4.78 is 36.8. The van der Waals surface area contributed by atoms with Gasteiger partial charge in [-0.15, -0.1) is 0 Å². The van der Waals surface area contributed by atoms with Crippen LogP contribution in [-0.4, -0.2) is 20.9 Å². The van der Waals surface area contributed by atoms with E-state index in [4.69, 9.17) is 0 Å². The lowest BCUT2D eigenvalue weighted by molar-refractivity contribution is -0.137. The number of carbonyl (C=O) groups is 1. The van der Waals surface area contributed by atoms with Crippen molar-refractivity contribution in [1.82, 2.24) is 15.0 Å². The molecule has 8 heteroatoms. The summed E-state index contributed by atoms with van der Waals surface area (Å²) >= 11 is 0. The second kappa shape index (κ2) is 4.47. The zero-order valence-electron chi connectivity index (χ0n) is 8.82. The Morgan fingerprint density at radius 1 is 1.28 bits per heavy atom. The van der Waals surface area contributed by atoms with Crippen LogP contribution in [0.4, 0.5) is 19.1 Å². The maximum absolute atomic E-state index is 12.3. The molecular weight excluding hydrogens is 249 g/mol. The fourth-order valence-corrected chi connectivity index (χ4v) is 1.20. The Kier molecular flexibility index (Phi) is 3.00. The molecular formula is C10H7F3N4O. The number of hydrogen-bond acceptors (Lipinski definition) is 3. The fraction of sp³-hybridized carbons (Fsp3) is 0.100. The van der Waals surface area contributed by atoms with Crippen LogP contribution in [0.1, 0.15) is 16.1 Å². The van der Waals surface area contributed by atoms with Gasteiger partial charge in [0.15, 0.2) is 0 Å². The Bertz CT molecular complexity index is 533. The number of alkyl halides is 3. The van der Waals surface area contributed by atoms with Crippen molar-refractivity contribution in [3.8, 4) is 0 Å². The van der Waals surface area contributed by atoms with Crippen molar-refractivity contribution in [2.75, 3.05) is 5.32 Å². The van der Waals surface area contributed by atoms with Gasteiger partial charge in [-0.05, 0) is 12.1 Å². The molecule has 0 aliphatic carbocycles. The monoisotopic (exact) mass is 256 g/mol. The largest absolute Gasteiger partial charge is 0.417 e. The molecule has 0 aromatic carbocycles. The first-order valence-electron chi connectivity index (χ1n) is 4.81. The molecule has 0 aliphatic rings. The highest BCUT2D eigenvalue weighted by atomic mass is 19.4. The lowest BCUT2D eigenvalue weighted by Crippen LogP contribution is -2.15. The van der Waals surface area contributed by atoms with Gasteiger partial charge in [0.1, 0.15) is 5.69 Å². The van der Waals surface area contributed by atoms with Crippen LogP contribution < -0.4 is 5.32 Å². The Labute approximate surface area is 99.1 Å². The van der Waals surface area contributed by atoms with Crippen molar-refractivity contribution in [3.05, 3.63) is 42.0 Å². The number of aromatic nitrogens is 3. The normalized spacial score (nSPS) is 11.3. The first kappa shape index (κ1) is 12.1. The third-order valence-electron chi connectivity index (χ3n) is 2.05. The number of amides is 1. The molecule has 2 aromatic heterocycles. The highest BCUT2D eigenvalue weighted by molar-refractivity contribution is 6.01. The average Bonchev–Trinajstić information content (AvgIpc) is 2.81. The molecule has 0 spiro atoms. The van der Waals surface area contributed by atoms with Crippen molar-refractivity contribution in [3.63, 3.8) is 0 Å². The number of nitrogens with one attached hydrogen (secondary N) is 2. The minimum absolute atomic E-state index is 0.126. The number of anilines is 1. The van der Waals surface area contributed by atoms with Gasteiger partial charge in [-0.2, -0.15) is 13.2 Å². The summed E-state index contributed by atoms with van der Waals surface area (Å²) in [4.78, 5) is 21.4. The second-order valence-corrected chi connectivity index (χ2v) is 3.32. The third kappa shape index (κ3) is 2.65. The number of halogens is 3. The van der Waals surface area contributed by atoms with Crippen molar-refractivity contribution in [2.24, 2.45) is 0 Å². The summed E-state index contributed by atoms with van der Waals surface area (Å²) in [5.74, 6) is -0.444. The highest BCUT2D eigenvalue weighted by Crippen LogP contribution is 2.28. The minimum atomic E-state index is -4.47. The minimum Gasteiger partial charge on any atom is -0.331 e. The number of imidazole rings is 1. The molecule has 2 N–H and O–H groups in total. The molecule has 1 amide bonds. The molecule has 2 aromatic rings. The average molecular weight is 256 g/mol. The van der Waals surface area contributed by atoms with Gasteiger partial charge in [0.25, 0.3) is 5.91 Å². The number of carbonyl (C=O) groups excluding carboxylic acids is 1. The summed E-state index contributed by atoms with van der Waals surface area (Å²) in [5, 5.41) is 2.35. The molecule has 0 bridgehead atoms. The first-order chi connectivity index (χ1) is 8.47. The van der Waals surface area contributed by atoms with E-state index in [0.29, 0.717) is 6.20 Å². The molecule has 0 fully saturated rings. The number of H-pyrrole nitrogens is 1. The Morgan fingerprint density at radius 3 is 2.56 bits per heavy atom. The Morgan fingerprint density at radius 2 is 2.06 bits per heavy atom. The number of rotatable bonds is 2. The molecule has 0 saturated carbocycles. The van der Waals surface area contributed by atoms with Gasteiger partial charge in [-0.25, -0.2) is 4.98 Å². The van der Waals surface area contributed by atoms with E-state index in [1.54, 1.807) is 0 Å². The van der Waals surface area contributed by atoms with Crippen molar-refractivity contribution in [2.45, 2.75) is 6.18 Å². The number of aromatic amines is 1. The van der Waals surface area contributed by atoms with Gasteiger partial charge in [-0.1, -0.05) is 0 Å². The van der Waals surface area contributed by atoms with E-state index in [0.717, 1.165) is 12.1 Å². The van der Waals surface area contributed by atoms with Crippen LogP contribution in [0.5, 0.6) is 0 Å². The van der Waals surface area contributed by atoms with Gasteiger partial charge in [-0.3, -0.25) is 15.1 Å². The maximum atomic E-state index is 12.3. The number of nitrogens with zero attached hydrogens (tertiary/aromatic N) is 2. The highest BCUT2D eigenvalue weighted by Gasteiger charge is 2.30. The van der Waals surface area contributed by atoms with E-state index in [1.165, 1.54) is 12.4 Å². The molecule has 2 rings (SSSR count). The molecule has 0 radical (unpaired) electrons. The SMILES string of the molecule is O=C(Nc1ncc[nH]1)c1ccc(C(F)(F)F)cn1. The molecule has 5 nitrogen and oxygen atoms in total. The Balaban J connectivity index is 2.12. The second-order valence-electron chi connectivity index (χ2n) is 3.32. The van der Waals surface area contributed by atoms with Gasteiger partial charge in [0.2, 0.25) is 5.95 Å². The topological polar surface area (TPSA) is 70.7 Å². The van der Waals surface area contributed by atoms with Crippen molar-refractivity contribution in [1.29, 1.82) is 0 Å². The molecule has 94 valence electrons. The van der Waals surface area contributed by atoms with E-state index >= 15 is 0 Å². The summed E-state index contributed by atoms with van der Waals surface area (Å²) in [6.07, 6.45) is -0.939. The van der Waals surface area contributed by atoms with Crippen LogP contribution in [0, 0.1) is 0 Å². The predicted octanol–water partition coefficient (Wildman–Crippen LogP) is 2.08. The van der Waals surface area contributed by atoms with Gasteiger partial charge < -0.3 is 4.98 Å². The quantitative estimate of drug-likeness (QED) is 0.864. The molecule has 18 heavy (non-hydrogen) atoms. The van der Waals surface area contributed by atoms with Crippen LogP contribution in [0.15, 0.2) is 30.7 Å². The van der Waals surface area contributed by atoms with Crippen LogP contribution in [-0.2, 0) is 6.18 Å². The summed E-state index contributed by atoms with van der Waals surface area (Å²) in [6, 6.07) is 1.80. The smallest absolute Gasteiger partial charge is 0.331 e. The molecule has 0 aliphatic heterocycles. The van der Waals surface area contributed by atoms with Gasteiger partial charge in [0.05, 0.1) is 5.56 Å². The zero-order valence-corrected chi connectivity index (χ0v) is 8.82. The van der Waals surface area contributed by atoms with E-state index in [9.17, 15) is 18.0 Å². The van der Waals surface area contributed by atoms with Crippen LogP contribution in [0.2, 0.25) is 0 Å². The lowest BCUT2D eigenvalue weighted by Gasteiger charge is -2.06. The standard InChI is InChI=1S/C10H7F3N4O/c11-10(12,13)6-1-2-7(16-5-6)8(18)17-9-14-3-4-15-9/h1-5H,(H2,14,15,17,18). The van der Waals surface area contributed by atoms with Crippen LogP contribution in [0.25, 0.3) is 0 Å². The fourth-order valence-electron chi connectivity index (χ4n) is 1.20. The summed E-state index contributed by atoms with van der Waals surface area (Å²) in [7, 11) is 0. The summed E-state index contributed by atoms with van der Waals surface area (Å²) in [6.45, 7) is 0. The van der Waals surface area contributed by atoms with Crippen LogP contribution >= 0.6 is 0 Å². The summed E-state index contributed by atoms with van der Waals surface area (Å²) in [5.41, 5.74) is -1.03. The number of pyridine rings is 1. The van der Waals surface area contributed by atoms with Crippen molar-refractivity contribution < 1.29 is 18.0 Å². The Hall–Kier alpha value is -2.38. The molecule has 0 unspecified atom stereocenters. The van der Waals surface area contributed by atoms with E-state index in [-0.39, 0.29) is 11.6 Å². The van der Waals surface area contributed by atoms with Gasteiger partial charge in [0, 0.05) is 18.6 Å². The van der Waals surface area contributed by atoms with Gasteiger partial charge >= 0.3 is 6.18 Å². The first-order valence-corrected chi connectivity index (χ1v) is 4.81. The number of hydrogen-bond donors (Lipinski definition) is 2.